The molecule has 2 N–H and O–H groups in total. The molecule has 0 aliphatic heterocycles. The summed E-state index contributed by atoms with van der Waals surface area (Å²) in [6.45, 7) is 12.6. The van der Waals surface area contributed by atoms with Gasteiger partial charge in [0.25, 0.3) is 0 Å². The summed E-state index contributed by atoms with van der Waals surface area (Å²) in [7, 11) is 2.14. The molecule has 2 aromatic rings. The second kappa shape index (κ2) is 14.4. The largest absolute Gasteiger partial charge is 0.359 e. The molecule has 1 heterocycles. The highest BCUT2D eigenvalue weighted by atomic mass is 127. The van der Waals surface area contributed by atoms with Gasteiger partial charge in [-0.3, -0.25) is 0 Å². The molecule has 0 bridgehead atoms. The molecule has 0 amide bonds. The van der Waals surface area contributed by atoms with Crippen molar-refractivity contribution in [3.8, 4) is 0 Å². The number of aliphatic imine (C=N–C) groups is 1. The van der Waals surface area contributed by atoms with Gasteiger partial charge in [-0.25, -0.2) is 4.99 Å². The minimum atomic E-state index is 0. The minimum Gasteiger partial charge on any atom is -0.359 e. The molecule has 1 aromatic heterocycles. The van der Waals surface area contributed by atoms with Crippen molar-refractivity contribution in [2.24, 2.45) is 4.99 Å². The second-order valence-corrected chi connectivity index (χ2v) is 7.43. The van der Waals surface area contributed by atoms with E-state index < -0.39 is 0 Å². The Morgan fingerprint density at radius 2 is 1.83 bits per heavy atom. The van der Waals surface area contributed by atoms with Gasteiger partial charge >= 0.3 is 0 Å². The zero-order valence-electron chi connectivity index (χ0n) is 19.1. The topological polar surface area (TPSA) is 65.7 Å². The lowest BCUT2D eigenvalue weighted by Crippen LogP contribution is -2.36. The number of guanidine groups is 1. The molecular formula is C23H38IN5O. The van der Waals surface area contributed by atoms with Crippen LogP contribution in [0.25, 0.3) is 0 Å². The number of nitrogens with one attached hydrogen (secondary N) is 2. The zero-order valence-corrected chi connectivity index (χ0v) is 21.4. The van der Waals surface area contributed by atoms with E-state index in [4.69, 9.17) is 9.52 Å². The van der Waals surface area contributed by atoms with Gasteiger partial charge in [0.2, 0.25) is 0 Å². The molecule has 0 unspecified atom stereocenters. The van der Waals surface area contributed by atoms with E-state index in [-0.39, 0.29) is 24.0 Å². The Morgan fingerprint density at radius 1 is 1.10 bits per heavy atom. The maximum absolute atomic E-state index is 5.50. The molecule has 0 atom stereocenters. The number of hydrogen-bond donors (Lipinski definition) is 2. The normalized spacial score (nSPS) is 11.6. The Bertz CT molecular complexity index is 758. The number of nitrogens with zero attached hydrogens (tertiary/aromatic N) is 3. The molecule has 7 heteroatoms. The number of benzene rings is 1. The molecule has 0 saturated heterocycles. The van der Waals surface area contributed by atoms with Crippen molar-refractivity contribution in [3.05, 3.63) is 52.9 Å². The first-order valence-electron chi connectivity index (χ1n) is 10.8. The summed E-state index contributed by atoms with van der Waals surface area (Å²) >= 11 is 0. The highest BCUT2D eigenvalue weighted by molar-refractivity contribution is 14.0. The molecule has 0 spiro atoms. The Morgan fingerprint density at radius 3 is 2.50 bits per heavy atom. The van der Waals surface area contributed by atoms with Crippen molar-refractivity contribution in [1.29, 1.82) is 0 Å². The predicted molar refractivity (Wildman–Crippen MR) is 135 cm³/mol. The maximum Gasteiger partial charge on any atom is 0.191 e. The third-order valence-corrected chi connectivity index (χ3v) is 5.16. The van der Waals surface area contributed by atoms with Crippen LogP contribution in [-0.2, 0) is 19.6 Å². The average Bonchev–Trinajstić information content (AvgIpc) is 3.20. The molecule has 0 aliphatic rings. The number of hydrogen-bond acceptors (Lipinski definition) is 4. The van der Waals surface area contributed by atoms with Gasteiger partial charge in [-0.05, 0) is 44.5 Å². The van der Waals surface area contributed by atoms with Crippen molar-refractivity contribution >= 4 is 29.9 Å². The van der Waals surface area contributed by atoms with E-state index in [9.17, 15) is 0 Å². The molecule has 0 fully saturated rings. The molecule has 2 rings (SSSR count). The van der Waals surface area contributed by atoms with Gasteiger partial charge < -0.3 is 20.1 Å². The van der Waals surface area contributed by atoms with Crippen LogP contribution in [0, 0.1) is 0 Å². The zero-order chi connectivity index (χ0) is 21.1. The fourth-order valence-electron chi connectivity index (χ4n) is 3.24. The highest BCUT2D eigenvalue weighted by Gasteiger charge is 2.13. The van der Waals surface area contributed by atoms with Crippen molar-refractivity contribution in [1.82, 2.24) is 20.7 Å². The molecule has 0 aliphatic carbocycles. The second-order valence-electron chi connectivity index (χ2n) is 7.43. The van der Waals surface area contributed by atoms with E-state index in [1.807, 2.05) is 0 Å². The van der Waals surface area contributed by atoms with Crippen molar-refractivity contribution in [3.63, 3.8) is 0 Å². The van der Waals surface area contributed by atoms with Gasteiger partial charge in [0.1, 0.15) is 0 Å². The summed E-state index contributed by atoms with van der Waals surface area (Å²) < 4.78 is 5.50. The lowest BCUT2D eigenvalue weighted by atomic mass is 9.99. The first-order chi connectivity index (χ1) is 14.1. The highest BCUT2D eigenvalue weighted by Crippen LogP contribution is 2.22. The molecule has 30 heavy (non-hydrogen) atoms. The van der Waals surface area contributed by atoms with Crippen molar-refractivity contribution < 1.29 is 4.52 Å². The third kappa shape index (κ3) is 8.63. The molecule has 0 radical (unpaired) electrons. The summed E-state index contributed by atoms with van der Waals surface area (Å²) in [5, 5.41) is 10.9. The summed E-state index contributed by atoms with van der Waals surface area (Å²) in [6.07, 6.45) is 2.15. The standard InChI is InChI=1S/C23H37N5O.HI/c1-6-20(7-2)22-14-21(29-27-22)16-26-23(24-8-3)25-15-18-11-10-12-19(13-18)17-28(5)9-4;/h10-14,20H,6-9,15-17H2,1-5H3,(H2,24,25,26);1H. The maximum atomic E-state index is 5.50. The summed E-state index contributed by atoms with van der Waals surface area (Å²) in [5.41, 5.74) is 3.57. The smallest absolute Gasteiger partial charge is 0.191 e. The van der Waals surface area contributed by atoms with Gasteiger partial charge in [-0.15, -0.1) is 24.0 Å². The molecular weight excluding hydrogens is 489 g/mol. The van der Waals surface area contributed by atoms with Crippen LogP contribution < -0.4 is 10.6 Å². The van der Waals surface area contributed by atoms with Crippen molar-refractivity contribution in [2.45, 2.75) is 66.1 Å². The summed E-state index contributed by atoms with van der Waals surface area (Å²) in [4.78, 5) is 7.03. The summed E-state index contributed by atoms with van der Waals surface area (Å²) in [5.74, 6) is 2.08. The molecule has 1 aromatic carbocycles. The van der Waals surface area contributed by atoms with Crippen LogP contribution in [-0.4, -0.2) is 36.2 Å². The first-order valence-corrected chi connectivity index (χ1v) is 10.8. The van der Waals surface area contributed by atoms with E-state index in [1.54, 1.807) is 0 Å². The van der Waals surface area contributed by atoms with Gasteiger partial charge in [-0.1, -0.05) is 50.2 Å². The lowest BCUT2D eigenvalue weighted by molar-refractivity contribution is 0.345. The van der Waals surface area contributed by atoms with Gasteiger partial charge in [0.05, 0.1) is 18.8 Å². The quantitative estimate of drug-likeness (QED) is 0.247. The Hall–Kier alpha value is -1.61. The fourth-order valence-corrected chi connectivity index (χ4v) is 3.24. The van der Waals surface area contributed by atoms with Crippen LogP contribution in [0.3, 0.4) is 0 Å². The molecule has 0 saturated carbocycles. The monoisotopic (exact) mass is 527 g/mol. The van der Waals surface area contributed by atoms with E-state index in [0.717, 1.165) is 49.9 Å². The number of halogens is 1. The fraction of sp³-hybridized carbons (Fsp3) is 0.565. The van der Waals surface area contributed by atoms with Crippen LogP contribution in [0.5, 0.6) is 0 Å². The third-order valence-electron chi connectivity index (χ3n) is 5.16. The van der Waals surface area contributed by atoms with Gasteiger partial charge in [-0.2, -0.15) is 0 Å². The van der Waals surface area contributed by atoms with Crippen LogP contribution in [0.4, 0.5) is 0 Å². The molecule has 6 nitrogen and oxygen atoms in total. The van der Waals surface area contributed by atoms with Crippen molar-refractivity contribution in [2.75, 3.05) is 20.1 Å². The van der Waals surface area contributed by atoms with Gasteiger partial charge in [0, 0.05) is 25.1 Å². The minimum absolute atomic E-state index is 0. The van der Waals surface area contributed by atoms with E-state index in [0.29, 0.717) is 19.0 Å². The van der Waals surface area contributed by atoms with Gasteiger partial charge in [0.15, 0.2) is 11.7 Å². The van der Waals surface area contributed by atoms with Crippen LogP contribution in [0.15, 0.2) is 39.8 Å². The van der Waals surface area contributed by atoms with Crippen LogP contribution in [0.1, 0.15) is 69.0 Å². The number of aromatic nitrogens is 1. The van der Waals surface area contributed by atoms with Crippen LogP contribution >= 0.6 is 24.0 Å². The Labute approximate surface area is 198 Å². The Kier molecular flexibility index (Phi) is 12.7. The molecule has 168 valence electrons. The van der Waals surface area contributed by atoms with E-state index >= 15 is 0 Å². The SMILES string of the molecule is CCNC(=NCc1cccc(CN(C)CC)c1)NCc1cc(C(CC)CC)no1.I. The predicted octanol–water partition coefficient (Wildman–Crippen LogP) is 4.90. The average molecular weight is 527 g/mol. The van der Waals surface area contributed by atoms with E-state index in [1.165, 1.54) is 11.1 Å². The Balaban J connectivity index is 0.00000450. The van der Waals surface area contributed by atoms with Crippen LogP contribution in [0.2, 0.25) is 0 Å². The lowest BCUT2D eigenvalue weighted by Gasteiger charge is -2.14. The van der Waals surface area contributed by atoms with E-state index in [2.05, 4.69) is 85.8 Å². The summed E-state index contributed by atoms with van der Waals surface area (Å²) in [6, 6.07) is 10.7. The first kappa shape index (κ1) is 26.4. The number of rotatable bonds is 11.